The molecule has 1 atom stereocenters. The average Bonchev–Trinajstić information content (AvgIpc) is 2.18. The van der Waals surface area contributed by atoms with Crippen molar-refractivity contribution in [1.82, 2.24) is 4.98 Å². The fraction of sp³-hybridized carbons (Fsp3) is 0.455. The van der Waals surface area contributed by atoms with Crippen LogP contribution in [0.3, 0.4) is 0 Å². The monoisotopic (exact) mass is 225 g/mol. The van der Waals surface area contributed by atoms with Crippen LogP contribution >= 0.6 is 11.6 Å². The lowest BCUT2D eigenvalue weighted by Gasteiger charge is -2.22. The summed E-state index contributed by atoms with van der Waals surface area (Å²) in [6.07, 6.45) is 3.07. The number of nitrogens with zero attached hydrogens (tertiary/aromatic N) is 1. The van der Waals surface area contributed by atoms with Gasteiger partial charge in [0, 0.05) is 11.6 Å². The number of carboxylic acids is 1. The molecule has 0 amide bonds. The zero-order valence-corrected chi connectivity index (χ0v) is 9.00. The Morgan fingerprint density at radius 3 is 3.13 bits per heavy atom. The number of aryl methyl sites for hydroxylation is 1. The smallest absolute Gasteiger partial charge is 0.304 e. The number of carbonyl (C=O) groups is 1. The van der Waals surface area contributed by atoms with Gasteiger partial charge in [0.2, 0.25) is 0 Å². The third-order valence-corrected chi connectivity index (χ3v) is 3.00. The van der Waals surface area contributed by atoms with Crippen LogP contribution in [-0.2, 0) is 11.2 Å². The van der Waals surface area contributed by atoms with Crippen molar-refractivity contribution in [2.45, 2.75) is 31.6 Å². The molecule has 1 N–H and O–H groups in total. The van der Waals surface area contributed by atoms with E-state index in [0.717, 1.165) is 30.5 Å². The topological polar surface area (TPSA) is 50.2 Å². The van der Waals surface area contributed by atoms with Gasteiger partial charge in [-0.05, 0) is 30.9 Å². The highest BCUT2D eigenvalue weighted by Crippen LogP contribution is 2.33. The Morgan fingerprint density at radius 2 is 2.40 bits per heavy atom. The number of carboxylic acid groups (broad SMARTS) is 1. The average molecular weight is 226 g/mol. The highest BCUT2D eigenvalue weighted by Gasteiger charge is 2.23. The molecule has 0 radical (unpaired) electrons. The Kier molecular flexibility index (Phi) is 2.91. The van der Waals surface area contributed by atoms with E-state index in [0.29, 0.717) is 5.15 Å². The highest BCUT2D eigenvalue weighted by molar-refractivity contribution is 6.29. The third kappa shape index (κ3) is 2.29. The maximum absolute atomic E-state index is 10.7. The van der Waals surface area contributed by atoms with E-state index < -0.39 is 5.97 Å². The van der Waals surface area contributed by atoms with Crippen LogP contribution in [0, 0.1) is 0 Å². The molecule has 1 aliphatic rings. The molecular formula is C11H12ClNO2. The first-order valence-electron chi connectivity index (χ1n) is 5.04. The van der Waals surface area contributed by atoms with Crippen LogP contribution in [0.1, 0.15) is 36.4 Å². The zero-order valence-electron chi connectivity index (χ0n) is 8.24. The van der Waals surface area contributed by atoms with Crippen LogP contribution in [0.5, 0.6) is 0 Å². The van der Waals surface area contributed by atoms with Crippen LogP contribution in [-0.4, -0.2) is 16.1 Å². The first kappa shape index (κ1) is 10.4. The molecule has 1 unspecified atom stereocenters. The standard InChI is InChI=1S/C11H12ClNO2/c12-9-5-4-7-2-1-3-8(6-10(14)15)11(7)13-9/h4-5,8H,1-3,6H2,(H,14,15). The second-order valence-corrected chi connectivity index (χ2v) is 4.25. The molecule has 2 rings (SSSR count). The van der Waals surface area contributed by atoms with Gasteiger partial charge < -0.3 is 5.11 Å². The predicted octanol–water partition coefficient (Wildman–Crippen LogP) is 2.63. The zero-order chi connectivity index (χ0) is 10.8. The van der Waals surface area contributed by atoms with Gasteiger partial charge in [0.15, 0.2) is 0 Å². The summed E-state index contributed by atoms with van der Waals surface area (Å²) in [6.45, 7) is 0. The molecule has 1 aliphatic carbocycles. The minimum absolute atomic E-state index is 0.0324. The quantitative estimate of drug-likeness (QED) is 0.788. The summed E-state index contributed by atoms with van der Waals surface area (Å²) in [6, 6.07) is 3.72. The van der Waals surface area contributed by atoms with Gasteiger partial charge >= 0.3 is 5.97 Å². The summed E-state index contributed by atoms with van der Waals surface area (Å²) in [5, 5.41) is 9.25. The minimum Gasteiger partial charge on any atom is -0.481 e. The van der Waals surface area contributed by atoms with Crippen LogP contribution in [0.4, 0.5) is 0 Å². The molecule has 0 fully saturated rings. The highest BCUT2D eigenvalue weighted by atomic mass is 35.5. The molecule has 80 valence electrons. The summed E-state index contributed by atoms with van der Waals surface area (Å²) in [4.78, 5) is 15.0. The Hall–Kier alpha value is -1.09. The molecule has 0 saturated carbocycles. The van der Waals surface area contributed by atoms with Crippen molar-refractivity contribution in [2.24, 2.45) is 0 Å². The van der Waals surface area contributed by atoms with Crippen molar-refractivity contribution in [3.8, 4) is 0 Å². The van der Waals surface area contributed by atoms with E-state index in [1.807, 2.05) is 6.07 Å². The maximum atomic E-state index is 10.7. The summed E-state index contributed by atoms with van der Waals surface area (Å²) < 4.78 is 0. The Balaban J connectivity index is 2.32. The number of halogens is 1. The van der Waals surface area contributed by atoms with E-state index in [1.165, 1.54) is 0 Å². The molecular weight excluding hydrogens is 214 g/mol. The van der Waals surface area contributed by atoms with Crippen molar-refractivity contribution >= 4 is 17.6 Å². The van der Waals surface area contributed by atoms with Crippen molar-refractivity contribution in [3.63, 3.8) is 0 Å². The van der Waals surface area contributed by atoms with Gasteiger partial charge in [0.05, 0.1) is 6.42 Å². The first-order valence-corrected chi connectivity index (χ1v) is 5.41. The lowest BCUT2D eigenvalue weighted by atomic mass is 9.85. The molecule has 0 bridgehead atoms. The fourth-order valence-electron chi connectivity index (χ4n) is 2.13. The van der Waals surface area contributed by atoms with Gasteiger partial charge in [-0.3, -0.25) is 4.79 Å². The predicted molar refractivity (Wildman–Crippen MR) is 57.2 cm³/mol. The number of hydrogen-bond donors (Lipinski definition) is 1. The Bertz CT molecular complexity index is 392. The molecule has 0 spiro atoms. The van der Waals surface area contributed by atoms with E-state index in [1.54, 1.807) is 6.07 Å². The van der Waals surface area contributed by atoms with Crippen LogP contribution in [0.2, 0.25) is 5.15 Å². The number of rotatable bonds is 2. The van der Waals surface area contributed by atoms with Gasteiger partial charge in [0.25, 0.3) is 0 Å². The summed E-state index contributed by atoms with van der Waals surface area (Å²) in [5.74, 6) is -0.737. The van der Waals surface area contributed by atoms with Crippen LogP contribution in [0.15, 0.2) is 12.1 Å². The van der Waals surface area contributed by atoms with Crippen molar-refractivity contribution in [2.75, 3.05) is 0 Å². The second kappa shape index (κ2) is 4.19. The molecule has 4 heteroatoms. The molecule has 1 heterocycles. The van der Waals surface area contributed by atoms with Crippen LogP contribution < -0.4 is 0 Å². The number of aliphatic carboxylic acids is 1. The van der Waals surface area contributed by atoms with E-state index in [4.69, 9.17) is 16.7 Å². The minimum atomic E-state index is -0.769. The summed E-state index contributed by atoms with van der Waals surface area (Å²) >= 11 is 5.82. The summed E-state index contributed by atoms with van der Waals surface area (Å²) in [7, 11) is 0. The normalized spacial score (nSPS) is 19.7. The molecule has 1 aromatic heterocycles. The maximum Gasteiger partial charge on any atom is 0.304 e. The van der Waals surface area contributed by atoms with Crippen LogP contribution in [0.25, 0.3) is 0 Å². The van der Waals surface area contributed by atoms with Gasteiger partial charge in [-0.2, -0.15) is 0 Å². The molecule has 0 aromatic carbocycles. The van der Waals surface area contributed by atoms with E-state index in [9.17, 15) is 4.79 Å². The number of hydrogen-bond acceptors (Lipinski definition) is 2. The van der Waals surface area contributed by atoms with Gasteiger partial charge in [-0.25, -0.2) is 4.98 Å². The van der Waals surface area contributed by atoms with E-state index in [2.05, 4.69) is 4.98 Å². The molecule has 0 saturated heterocycles. The Morgan fingerprint density at radius 1 is 1.60 bits per heavy atom. The second-order valence-electron chi connectivity index (χ2n) is 3.87. The fourth-order valence-corrected chi connectivity index (χ4v) is 2.28. The van der Waals surface area contributed by atoms with Gasteiger partial charge in [-0.15, -0.1) is 0 Å². The van der Waals surface area contributed by atoms with E-state index in [-0.39, 0.29) is 12.3 Å². The van der Waals surface area contributed by atoms with E-state index >= 15 is 0 Å². The van der Waals surface area contributed by atoms with Crippen molar-refractivity contribution < 1.29 is 9.90 Å². The van der Waals surface area contributed by atoms with Gasteiger partial charge in [0.1, 0.15) is 5.15 Å². The lowest BCUT2D eigenvalue weighted by Crippen LogP contribution is -2.15. The number of pyridine rings is 1. The van der Waals surface area contributed by atoms with Crippen molar-refractivity contribution in [1.29, 1.82) is 0 Å². The van der Waals surface area contributed by atoms with Gasteiger partial charge in [-0.1, -0.05) is 17.7 Å². The number of fused-ring (bicyclic) bond motifs is 1. The first-order chi connectivity index (χ1) is 7.16. The number of aromatic nitrogens is 1. The van der Waals surface area contributed by atoms with Crippen molar-refractivity contribution in [3.05, 3.63) is 28.5 Å². The largest absolute Gasteiger partial charge is 0.481 e. The lowest BCUT2D eigenvalue weighted by molar-refractivity contribution is -0.137. The molecule has 0 aliphatic heterocycles. The summed E-state index contributed by atoms with van der Waals surface area (Å²) in [5.41, 5.74) is 2.04. The molecule has 1 aromatic rings. The Labute approximate surface area is 93.1 Å². The molecule has 3 nitrogen and oxygen atoms in total. The third-order valence-electron chi connectivity index (χ3n) is 2.78. The SMILES string of the molecule is O=C(O)CC1CCCc2ccc(Cl)nc21. The molecule has 15 heavy (non-hydrogen) atoms.